The van der Waals surface area contributed by atoms with Crippen molar-refractivity contribution in [2.75, 3.05) is 18.8 Å². The van der Waals surface area contributed by atoms with Gasteiger partial charge in [0.2, 0.25) is 6.23 Å². The van der Waals surface area contributed by atoms with Crippen molar-refractivity contribution in [3.05, 3.63) is 46.0 Å². The molecule has 2 aliphatic rings. The van der Waals surface area contributed by atoms with Gasteiger partial charge in [-0.25, -0.2) is 23.5 Å². The number of hydrogen-bond acceptors (Lipinski definition) is 7. The molecule has 4 heterocycles. The van der Waals surface area contributed by atoms with Crippen LogP contribution in [0.2, 0.25) is 0 Å². The maximum atomic E-state index is 14.6. The number of aromatic nitrogens is 4. The first-order valence-electron chi connectivity index (χ1n) is 8.72. The second-order valence-corrected chi connectivity index (χ2v) is 7.05. The molecule has 2 aliphatic heterocycles. The lowest BCUT2D eigenvalue weighted by Crippen LogP contribution is -2.37. The third-order valence-electron chi connectivity index (χ3n) is 5.01. The smallest absolute Gasteiger partial charge is 0.351 e. The summed E-state index contributed by atoms with van der Waals surface area (Å²) >= 11 is 0. The van der Waals surface area contributed by atoms with E-state index in [0.29, 0.717) is 25.2 Å². The van der Waals surface area contributed by atoms with Gasteiger partial charge in [-0.3, -0.25) is 9.47 Å². The van der Waals surface area contributed by atoms with Crippen LogP contribution in [-0.4, -0.2) is 49.5 Å². The highest BCUT2D eigenvalue weighted by atomic mass is 19.3. The van der Waals surface area contributed by atoms with Gasteiger partial charge in [-0.05, 0) is 6.92 Å². The highest BCUT2D eigenvalue weighted by Gasteiger charge is 2.52. The van der Waals surface area contributed by atoms with Crippen molar-refractivity contribution in [2.24, 2.45) is 0 Å². The van der Waals surface area contributed by atoms with E-state index >= 15 is 0 Å². The summed E-state index contributed by atoms with van der Waals surface area (Å²) in [6, 6.07) is 0. The molecular weight excluding hydrogens is 358 g/mol. The first-order chi connectivity index (χ1) is 12.8. The molecule has 0 amide bonds. The van der Waals surface area contributed by atoms with Gasteiger partial charge in [-0.1, -0.05) is 0 Å². The van der Waals surface area contributed by atoms with E-state index in [2.05, 4.69) is 15.0 Å². The average Bonchev–Trinajstić information content (AvgIpc) is 2.92. The van der Waals surface area contributed by atoms with Crippen LogP contribution in [0.1, 0.15) is 29.5 Å². The number of hydrogen-bond donors (Lipinski definition) is 1. The zero-order chi connectivity index (χ0) is 19.2. The Morgan fingerprint density at radius 3 is 3.07 bits per heavy atom. The van der Waals surface area contributed by atoms with Gasteiger partial charge in [-0.2, -0.15) is 4.98 Å². The molecular formula is C17H20F2N6O2. The fourth-order valence-corrected chi connectivity index (χ4v) is 3.63. The Morgan fingerprint density at radius 1 is 1.44 bits per heavy atom. The van der Waals surface area contributed by atoms with Crippen molar-refractivity contribution in [3.8, 4) is 0 Å². The van der Waals surface area contributed by atoms with Gasteiger partial charge in [-0.15, -0.1) is 0 Å². The van der Waals surface area contributed by atoms with Crippen molar-refractivity contribution in [2.45, 2.75) is 44.6 Å². The maximum absolute atomic E-state index is 14.6. The molecule has 144 valence electrons. The summed E-state index contributed by atoms with van der Waals surface area (Å²) in [7, 11) is 0. The van der Waals surface area contributed by atoms with Crippen LogP contribution < -0.4 is 11.4 Å². The zero-order valence-corrected chi connectivity index (χ0v) is 14.8. The van der Waals surface area contributed by atoms with E-state index in [4.69, 9.17) is 10.5 Å². The van der Waals surface area contributed by atoms with Gasteiger partial charge in [0, 0.05) is 61.7 Å². The van der Waals surface area contributed by atoms with Crippen molar-refractivity contribution in [3.63, 3.8) is 0 Å². The van der Waals surface area contributed by atoms with E-state index in [0.717, 1.165) is 22.2 Å². The van der Waals surface area contributed by atoms with Crippen LogP contribution in [-0.2, 0) is 17.7 Å². The first kappa shape index (κ1) is 17.9. The second-order valence-electron chi connectivity index (χ2n) is 7.05. The molecule has 2 aromatic rings. The topological polar surface area (TPSA) is 99.2 Å². The Balaban J connectivity index is 1.50. The van der Waals surface area contributed by atoms with Crippen LogP contribution in [0.3, 0.4) is 0 Å². The Morgan fingerprint density at radius 2 is 2.26 bits per heavy atom. The molecule has 1 saturated heterocycles. The quantitative estimate of drug-likeness (QED) is 0.847. The second kappa shape index (κ2) is 6.61. The number of nitrogens with zero attached hydrogens (tertiary/aromatic N) is 5. The normalized spacial score (nSPS) is 24.7. The molecule has 27 heavy (non-hydrogen) atoms. The monoisotopic (exact) mass is 378 g/mol. The van der Waals surface area contributed by atoms with Crippen molar-refractivity contribution < 1.29 is 13.5 Å². The summed E-state index contributed by atoms with van der Waals surface area (Å²) < 4.78 is 35.6. The van der Waals surface area contributed by atoms with Crippen LogP contribution >= 0.6 is 0 Å². The van der Waals surface area contributed by atoms with Gasteiger partial charge in [0.1, 0.15) is 12.1 Å². The summed E-state index contributed by atoms with van der Waals surface area (Å²) in [5.41, 5.74) is 7.18. The molecule has 2 atom stereocenters. The van der Waals surface area contributed by atoms with Gasteiger partial charge in [0.15, 0.2) is 0 Å². The summed E-state index contributed by atoms with van der Waals surface area (Å²) in [6.45, 7) is 3.25. The molecule has 2 aromatic heterocycles. The van der Waals surface area contributed by atoms with Crippen molar-refractivity contribution in [1.29, 1.82) is 0 Å². The number of aryl methyl sites for hydroxylation is 1. The molecule has 0 radical (unpaired) electrons. The van der Waals surface area contributed by atoms with Crippen molar-refractivity contribution in [1.82, 2.24) is 24.4 Å². The van der Waals surface area contributed by atoms with Crippen LogP contribution in [0.5, 0.6) is 0 Å². The van der Waals surface area contributed by atoms with Crippen LogP contribution in [0.15, 0.2) is 23.5 Å². The number of nitrogen functional groups attached to an aromatic ring is 1. The lowest BCUT2D eigenvalue weighted by molar-refractivity contribution is -0.119. The molecule has 0 saturated carbocycles. The van der Waals surface area contributed by atoms with E-state index in [1.54, 1.807) is 13.1 Å². The first-order valence-corrected chi connectivity index (χ1v) is 8.72. The summed E-state index contributed by atoms with van der Waals surface area (Å²) in [4.78, 5) is 25.9. The molecule has 1 fully saturated rings. The maximum Gasteiger partial charge on any atom is 0.351 e. The minimum absolute atomic E-state index is 0.0308. The number of fused-ring (bicyclic) bond motifs is 1. The average molecular weight is 378 g/mol. The number of halogens is 2. The molecule has 4 rings (SSSR count). The Kier molecular flexibility index (Phi) is 4.39. The third-order valence-corrected chi connectivity index (χ3v) is 5.01. The van der Waals surface area contributed by atoms with E-state index in [9.17, 15) is 13.6 Å². The fraction of sp³-hybridized carbons (Fsp3) is 0.529. The minimum atomic E-state index is -3.17. The number of alkyl halides is 2. The lowest BCUT2D eigenvalue weighted by atomic mass is 10.1. The Hall–Kier alpha value is -2.46. The third kappa shape index (κ3) is 3.42. The molecule has 10 heteroatoms. The number of anilines is 1. The predicted molar refractivity (Wildman–Crippen MR) is 92.1 cm³/mol. The largest absolute Gasteiger partial charge is 0.383 e. The summed E-state index contributed by atoms with van der Waals surface area (Å²) in [5, 5.41) is 0. The molecule has 2 unspecified atom stereocenters. The van der Waals surface area contributed by atoms with Crippen LogP contribution in [0.25, 0.3) is 0 Å². The highest BCUT2D eigenvalue weighted by molar-refractivity contribution is 5.35. The number of ether oxygens (including phenoxy) is 1. The van der Waals surface area contributed by atoms with E-state index in [-0.39, 0.29) is 5.82 Å². The highest BCUT2D eigenvalue weighted by Crippen LogP contribution is 2.42. The van der Waals surface area contributed by atoms with E-state index in [1.165, 1.54) is 12.5 Å². The lowest BCUT2D eigenvalue weighted by Gasteiger charge is -2.29. The number of nitrogens with two attached hydrogens (primary N) is 1. The molecule has 0 aliphatic carbocycles. The Labute approximate surface area is 154 Å². The van der Waals surface area contributed by atoms with Crippen molar-refractivity contribution >= 4 is 5.82 Å². The SMILES string of the molecule is Cc1cn(C2OC(CN3CCc4ncncc4C3)CC2(F)F)c(=O)nc1N. The predicted octanol–water partition coefficient (Wildman–Crippen LogP) is 0.905. The van der Waals surface area contributed by atoms with Crippen LogP contribution in [0, 0.1) is 6.92 Å². The Bertz CT molecular complexity index is 919. The van der Waals surface area contributed by atoms with Gasteiger partial charge in [0.05, 0.1) is 6.10 Å². The molecule has 0 spiro atoms. The zero-order valence-electron chi connectivity index (χ0n) is 14.8. The van der Waals surface area contributed by atoms with Crippen LogP contribution in [0.4, 0.5) is 14.6 Å². The van der Waals surface area contributed by atoms with E-state index < -0.39 is 30.4 Å². The fourth-order valence-electron chi connectivity index (χ4n) is 3.63. The molecule has 0 aromatic carbocycles. The summed E-state index contributed by atoms with van der Waals surface area (Å²) in [5.74, 6) is -3.14. The molecule has 0 bridgehead atoms. The minimum Gasteiger partial charge on any atom is -0.383 e. The number of rotatable bonds is 3. The van der Waals surface area contributed by atoms with Gasteiger partial charge < -0.3 is 10.5 Å². The molecule has 2 N–H and O–H groups in total. The standard InChI is InChI=1S/C17H20F2N6O2/c1-10-6-25(16(26)23-14(10)20)15-17(18,19)4-12(27-15)8-24-3-2-13-11(7-24)5-21-9-22-13/h5-6,9,12,15H,2-4,7-8H2,1H3,(H2,20,23,26). The molecule has 8 nitrogen and oxygen atoms in total. The summed E-state index contributed by atoms with van der Waals surface area (Å²) in [6.07, 6.45) is 2.46. The van der Waals surface area contributed by atoms with E-state index in [1.807, 2.05) is 4.90 Å². The van der Waals surface area contributed by atoms with Gasteiger partial charge >= 0.3 is 5.69 Å². The van der Waals surface area contributed by atoms with Gasteiger partial charge in [0.25, 0.3) is 5.92 Å².